The molecular formula is C57H99N7O28. The second-order valence-corrected chi connectivity index (χ2v) is 23.7. The molecule has 0 aromatic heterocycles. The van der Waals surface area contributed by atoms with Gasteiger partial charge >= 0.3 is 12.2 Å². The van der Waals surface area contributed by atoms with E-state index in [1.165, 1.54) is 45.6 Å². The molecule has 25 atom stereocenters. The number of unbranched alkanes of at least 4 members (excludes halogenated alkanes) is 12. The summed E-state index contributed by atoms with van der Waals surface area (Å²) < 4.78 is 64.7. The molecule has 0 spiro atoms. The number of amides is 7. The van der Waals surface area contributed by atoms with Gasteiger partial charge in [0.25, 0.3) is 0 Å². The molecular weight excluding hydrogens is 1230 g/mol. The molecule has 0 aromatic carbocycles. The third-order valence-electron chi connectivity index (χ3n) is 16.7. The van der Waals surface area contributed by atoms with Crippen molar-refractivity contribution in [3.05, 3.63) is 0 Å². The number of rotatable bonds is 34. The van der Waals surface area contributed by atoms with Gasteiger partial charge in [-0.3, -0.25) is 24.0 Å². The minimum atomic E-state index is -2.05. The summed E-state index contributed by atoms with van der Waals surface area (Å²) in [5, 5.41) is 123. The van der Waals surface area contributed by atoms with Crippen LogP contribution < -0.4 is 32.7 Å². The van der Waals surface area contributed by atoms with Crippen LogP contribution in [-0.4, -0.2) is 291 Å². The Morgan fingerprint density at radius 1 is 0.424 bits per heavy atom. The molecule has 5 heterocycles. The molecule has 35 heteroatoms. The largest absolute Gasteiger partial charge is 0.447 e. The van der Waals surface area contributed by atoms with Crippen LogP contribution in [0.25, 0.3) is 0 Å². The number of carbonyl (C=O) groups excluding carboxylic acids is 7. The van der Waals surface area contributed by atoms with Crippen molar-refractivity contribution in [2.45, 2.75) is 278 Å². The normalized spacial score (nSPS) is 36.5. The molecule has 5 aliphatic heterocycles. The van der Waals surface area contributed by atoms with Gasteiger partial charge in [-0.15, -0.1) is 0 Å². The first-order valence-electron chi connectivity index (χ1n) is 31.3. The van der Waals surface area contributed by atoms with Crippen molar-refractivity contribution in [1.82, 2.24) is 26.2 Å². The zero-order valence-corrected chi connectivity index (χ0v) is 52.8. The second-order valence-electron chi connectivity index (χ2n) is 23.7. The highest BCUT2D eigenvalue weighted by Crippen LogP contribution is 2.37. The molecule has 5 saturated heterocycles. The first-order valence-corrected chi connectivity index (χ1v) is 31.3. The minimum Gasteiger partial charge on any atom is -0.447 e. The first kappa shape index (κ1) is 77.8. The van der Waals surface area contributed by atoms with Gasteiger partial charge in [0, 0.05) is 41.2 Å². The molecule has 0 aliphatic carbocycles. The summed E-state index contributed by atoms with van der Waals surface area (Å²) in [6, 6.07) is -8.35. The highest BCUT2D eigenvalue weighted by molar-refractivity contribution is 5.76. The first-order chi connectivity index (χ1) is 43.7. The van der Waals surface area contributed by atoms with Crippen molar-refractivity contribution in [2.24, 2.45) is 11.5 Å². The number of nitrogens with one attached hydrogen (secondary N) is 4. The zero-order chi connectivity index (χ0) is 68.1. The molecule has 5 rings (SSSR count). The van der Waals surface area contributed by atoms with E-state index in [-0.39, 0.29) is 6.42 Å². The Bertz CT molecular complexity index is 2320. The molecule has 92 heavy (non-hydrogen) atoms. The number of ether oxygens (including phenoxy) is 11. The topological polar surface area (TPSA) is 527 Å². The van der Waals surface area contributed by atoms with E-state index in [1.807, 2.05) is 0 Å². The summed E-state index contributed by atoms with van der Waals surface area (Å²) in [7, 11) is 1.30. The maximum absolute atomic E-state index is 14.0. The van der Waals surface area contributed by atoms with E-state index < -0.39 is 228 Å². The Balaban J connectivity index is 1.37. The Hall–Kier alpha value is -4.87. The van der Waals surface area contributed by atoms with Crippen molar-refractivity contribution in [1.29, 1.82) is 0 Å². The number of nitrogens with zero attached hydrogens (tertiary/aromatic N) is 1. The lowest BCUT2D eigenvalue weighted by atomic mass is 9.92. The summed E-state index contributed by atoms with van der Waals surface area (Å²) >= 11 is 0. The molecule has 0 unspecified atom stereocenters. The van der Waals surface area contributed by atoms with E-state index in [0.717, 1.165) is 64.7 Å². The van der Waals surface area contributed by atoms with E-state index in [1.54, 1.807) is 0 Å². The number of likely N-dealkylation sites (N-methyl/N-ethyl adjacent to an activating group) is 1. The van der Waals surface area contributed by atoms with Crippen LogP contribution in [0.15, 0.2) is 0 Å². The van der Waals surface area contributed by atoms with Gasteiger partial charge in [-0.1, -0.05) is 84.0 Å². The summed E-state index contributed by atoms with van der Waals surface area (Å²) in [6.45, 7) is 1.68. The van der Waals surface area contributed by atoms with Crippen LogP contribution >= 0.6 is 0 Å². The monoisotopic (exact) mass is 1330 g/mol. The molecule has 0 aromatic rings. The van der Waals surface area contributed by atoms with Crippen LogP contribution in [0.1, 0.15) is 125 Å². The zero-order valence-electron chi connectivity index (χ0n) is 52.8. The Morgan fingerprint density at radius 2 is 0.750 bits per heavy atom. The van der Waals surface area contributed by atoms with E-state index >= 15 is 0 Å². The molecule has 5 aliphatic rings. The summed E-state index contributed by atoms with van der Waals surface area (Å²) in [6.07, 6.45) is -25.4. The molecule has 0 bridgehead atoms. The smallest absolute Gasteiger partial charge is 0.404 e. The number of hydrogen-bond donors (Lipinski definition) is 16. The fraction of sp³-hybridized carbons (Fsp3) is 0.877. The quantitative estimate of drug-likeness (QED) is 0.0268. The lowest BCUT2D eigenvalue weighted by Crippen LogP contribution is -2.72. The van der Waals surface area contributed by atoms with E-state index in [2.05, 4.69) is 28.2 Å². The van der Waals surface area contributed by atoms with Gasteiger partial charge in [0.2, 0.25) is 29.5 Å². The predicted octanol–water partition coefficient (Wildman–Crippen LogP) is -5.20. The van der Waals surface area contributed by atoms with Crippen LogP contribution in [-0.2, 0) is 76.1 Å². The maximum Gasteiger partial charge on any atom is 0.404 e. The van der Waals surface area contributed by atoms with E-state index in [4.69, 9.17) is 63.6 Å². The van der Waals surface area contributed by atoms with E-state index in [9.17, 15) is 84.6 Å². The van der Waals surface area contributed by atoms with Gasteiger partial charge in [0.1, 0.15) is 122 Å². The standard InChI is InChI=1S/C57H99N7O28/c1-7-8-9-10-11-12-13-14-15-16-17-18-19-20-35(73)64(6)40-45(78)50(92-57(59)81)34(25-82-56(58)80)87-55(40)91-49-33(24-68)86-54(39(44(49)77)63-29(5)72)90-48-32(23-67)85-53(38(43(48)76)62-28(4)71)89-47-31(22-66)84-52(37(42(47)75)61-27(3)70)88-46-30(21-65)83-51(79)36(41(46)74)60-26(2)69/h30-34,36-55,65-68,74-79H,7-25H2,1-6H3,(H2,58,80)(H2,59,81)(H,60,69)(H,61,70)(H,62,71)(H,63,72)/t30-,31-,32-,33-,34-,36-,37-,38-,39-,40-,41-,42-,43-,44-,45-,46-,47-,48-,49-,50-,51-,52+,53+,54+,55+/m1/s1. The summed E-state index contributed by atoms with van der Waals surface area (Å²) in [5.41, 5.74) is 10.6. The van der Waals surface area contributed by atoms with E-state index in [0.29, 0.717) is 12.8 Å². The average molecular weight is 1330 g/mol. The number of aliphatic hydroxyl groups excluding tert-OH is 10. The van der Waals surface area contributed by atoms with Gasteiger partial charge < -0.3 is 141 Å². The summed E-state index contributed by atoms with van der Waals surface area (Å²) in [5.74, 6) is -3.68. The molecule has 7 amide bonds. The maximum atomic E-state index is 14.0. The van der Waals surface area contributed by atoms with Crippen molar-refractivity contribution in [3.8, 4) is 0 Å². The van der Waals surface area contributed by atoms with Crippen LogP contribution in [0, 0.1) is 0 Å². The molecule has 5 fully saturated rings. The molecule has 18 N–H and O–H groups in total. The van der Waals surface area contributed by atoms with Crippen molar-refractivity contribution in [3.63, 3.8) is 0 Å². The van der Waals surface area contributed by atoms with Gasteiger partial charge in [0.15, 0.2) is 37.6 Å². The van der Waals surface area contributed by atoms with Crippen LogP contribution in [0.4, 0.5) is 9.59 Å². The fourth-order valence-corrected chi connectivity index (χ4v) is 12.1. The van der Waals surface area contributed by atoms with Crippen LogP contribution in [0.5, 0.6) is 0 Å². The Morgan fingerprint density at radius 3 is 1.10 bits per heavy atom. The third kappa shape index (κ3) is 21.6. The third-order valence-corrected chi connectivity index (χ3v) is 16.7. The minimum absolute atomic E-state index is 0.0257. The lowest BCUT2D eigenvalue weighted by Gasteiger charge is -2.52. The van der Waals surface area contributed by atoms with Gasteiger partial charge in [0.05, 0.1) is 26.4 Å². The lowest BCUT2D eigenvalue weighted by molar-refractivity contribution is -0.368. The highest BCUT2D eigenvalue weighted by atomic mass is 16.8. The molecule has 35 nitrogen and oxygen atoms in total. The van der Waals surface area contributed by atoms with Gasteiger partial charge in [-0.25, -0.2) is 9.59 Å². The number of hydrogen-bond acceptors (Lipinski definition) is 28. The van der Waals surface area contributed by atoms with Crippen molar-refractivity contribution >= 4 is 41.7 Å². The number of primary amides is 2. The Kier molecular flexibility index (Phi) is 32.2. The SMILES string of the molecule is CCCCCCCCCCCCCCCC(=O)N(C)[C@H]1[C@H](O[C@H]2[C@H](O)[C@@H](NC(C)=O)[C@H](O[C@H]3[C@H](O)[C@@H](NC(C)=O)[C@H](O[C@H]4[C@H](O)[C@@H](NC(C)=O)[C@H](O[C@H]5[C@H](O)[C@@H](NC(C)=O)[C@H](O)O[C@@H]5CO)O[C@@H]4CO)O[C@@H]3CO)O[C@@H]2CO)O[C@H](COC(N)=O)[C@@H](OC(N)=O)[C@@H]1O. The summed E-state index contributed by atoms with van der Waals surface area (Å²) in [4.78, 5) is 89.6. The fourth-order valence-electron chi connectivity index (χ4n) is 12.1. The number of carbonyl (C=O) groups is 7. The predicted molar refractivity (Wildman–Crippen MR) is 311 cm³/mol. The Labute approximate surface area is 532 Å². The molecule has 0 saturated carbocycles. The van der Waals surface area contributed by atoms with Crippen LogP contribution in [0.2, 0.25) is 0 Å². The van der Waals surface area contributed by atoms with Crippen molar-refractivity contribution in [2.75, 3.05) is 40.1 Å². The average Bonchev–Trinajstić information content (AvgIpc) is 0.779. The highest BCUT2D eigenvalue weighted by Gasteiger charge is 2.58. The van der Waals surface area contributed by atoms with Crippen LogP contribution in [0.3, 0.4) is 0 Å². The van der Waals surface area contributed by atoms with Gasteiger partial charge in [-0.05, 0) is 6.42 Å². The molecule has 530 valence electrons. The number of nitrogens with two attached hydrogens (primary N) is 2. The van der Waals surface area contributed by atoms with Crippen molar-refractivity contribution < 1.29 is 137 Å². The second kappa shape index (κ2) is 38.0. The molecule has 0 radical (unpaired) electrons. The number of aliphatic hydroxyl groups is 10. The van der Waals surface area contributed by atoms with Gasteiger partial charge in [-0.2, -0.15) is 0 Å².